The van der Waals surface area contributed by atoms with Crippen LogP contribution in [0.2, 0.25) is 0 Å². The lowest BCUT2D eigenvalue weighted by Gasteiger charge is -2.34. The van der Waals surface area contributed by atoms with Crippen molar-refractivity contribution in [3.8, 4) is 0 Å². The van der Waals surface area contributed by atoms with E-state index in [9.17, 15) is 9.59 Å². The van der Waals surface area contributed by atoms with Crippen molar-refractivity contribution >= 4 is 23.2 Å². The number of thiophene rings is 1. The van der Waals surface area contributed by atoms with Crippen LogP contribution in [0.5, 0.6) is 0 Å². The first-order chi connectivity index (χ1) is 10.6. The number of rotatable bonds is 4. The van der Waals surface area contributed by atoms with E-state index < -0.39 is 0 Å². The van der Waals surface area contributed by atoms with Gasteiger partial charge in [-0.15, -0.1) is 11.3 Å². The van der Waals surface area contributed by atoms with Crippen molar-refractivity contribution < 1.29 is 14.3 Å². The minimum Gasteiger partial charge on any atom is -0.465 e. The Morgan fingerprint density at radius 2 is 1.95 bits per heavy atom. The minimum atomic E-state index is -0.273. The lowest BCUT2D eigenvalue weighted by molar-refractivity contribution is -0.134. The monoisotopic (exact) mass is 322 g/mol. The molecule has 1 aliphatic carbocycles. The van der Waals surface area contributed by atoms with Crippen LogP contribution in [0.25, 0.3) is 0 Å². The fourth-order valence-corrected chi connectivity index (χ4v) is 3.89. The number of methoxy groups -OCH3 is 1. The molecule has 1 saturated carbocycles. The number of carbonyl (C=O) groups is 2. The van der Waals surface area contributed by atoms with Gasteiger partial charge in [0, 0.05) is 43.5 Å². The third kappa shape index (κ3) is 3.33. The molecule has 6 heteroatoms. The maximum Gasteiger partial charge on any atom is 0.348 e. The van der Waals surface area contributed by atoms with Crippen LogP contribution in [0.15, 0.2) is 12.1 Å². The van der Waals surface area contributed by atoms with Crippen LogP contribution in [-0.4, -0.2) is 55.0 Å². The summed E-state index contributed by atoms with van der Waals surface area (Å²) in [6.07, 6.45) is 1.06. The summed E-state index contributed by atoms with van der Waals surface area (Å²) in [5.41, 5.74) is 0. The van der Waals surface area contributed by atoms with Crippen LogP contribution in [0.1, 0.15) is 27.9 Å². The molecule has 2 heterocycles. The molecular formula is C16H22N2O3S. The Morgan fingerprint density at radius 3 is 2.55 bits per heavy atom. The first kappa shape index (κ1) is 15.5. The van der Waals surface area contributed by atoms with Gasteiger partial charge >= 0.3 is 5.97 Å². The highest BCUT2D eigenvalue weighted by atomic mass is 32.1. The summed E-state index contributed by atoms with van der Waals surface area (Å²) in [5.74, 6) is 0.932. The highest BCUT2D eigenvalue weighted by molar-refractivity contribution is 7.13. The molecule has 22 heavy (non-hydrogen) atoms. The topological polar surface area (TPSA) is 49.9 Å². The lowest BCUT2D eigenvalue weighted by Crippen LogP contribution is -2.48. The fourth-order valence-electron chi connectivity index (χ4n) is 2.92. The molecule has 5 nitrogen and oxygen atoms in total. The van der Waals surface area contributed by atoms with Crippen LogP contribution < -0.4 is 0 Å². The Balaban J connectivity index is 1.48. The minimum absolute atomic E-state index is 0.273. The molecule has 0 unspecified atom stereocenters. The third-order valence-electron chi connectivity index (χ3n) is 4.54. The van der Waals surface area contributed by atoms with Crippen molar-refractivity contribution in [2.75, 3.05) is 33.3 Å². The normalized spacial score (nSPS) is 25.1. The largest absolute Gasteiger partial charge is 0.465 e. The van der Waals surface area contributed by atoms with Gasteiger partial charge in [0.05, 0.1) is 7.11 Å². The Morgan fingerprint density at radius 1 is 1.27 bits per heavy atom. The fraction of sp³-hybridized carbons (Fsp3) is 0.625. The zero-order chi connectivity index (χ0) is 15.7. The Labute approximate surface area is 134 Å². The molecule has 2 fully saturated rings. The number of hydrogen-bond donors (Lipinski definition) is 0. The summed E-state index contributed by atoms with van der Waals surface area (Å²) in [7, 11) is 1.40. The highest BCUT2D eigenvalue weighted by Gasteiger charge is 2.41. The molecular weight excluding hydrogens is 300 g/mol. The first-order valence-corrected chi connectivity index (χ1v) is 8.58. The van der Waals surface area contributed by atoms with Gasteiger partial charge in [-0.2, -0.15) is 0 Å². The van der Waals surface area contributed by atoms with Gasteiger partial charge < -0.3 is 9.64 Å². The molecule has 1 aromatic rings. The standard InChI is InChI=1S/C16H22N2O3S/c1-11-9-13(11)15(19)18-7-5-17(6-8-18)10-12-3-4-14(22-12)16(20)21-2/h3-4,11,13H,5-10H2,1-2H3/t11-,13-/m0/s1. The van der Waals surface area contributed by atoms with E-state index in [0.717, 1.165) is 44.0 Å². The van der Waals surface area contributed by atoms with E-state index in [-0.39, 0.29) is 11.9 Å². The molecule has 0 N–H and O–H groups in total. The van der Waals surface area contributed by atoms with Crippen molar-refractivity contribution in [1.29, 1.82) is 0 Å². The van der Waals surface area contributed by atoms with Gasteiger partial charge in [0.1, 0.15) is 4.88 Å². The molecule has 0 radical (unpaired) electrons. The highest BCUT2D eigenvalue weighted by Crippen LogP contribution is 2.39. The molecule has 2 aliphatic rings. The zero-order valence-electron chi connectivity index (χ0n) is 13.1. The number of amides is 1. The SMILES string of the molecule is COC(=O)c1ccc(CN2CCN(C(=O)[C@H]3C[C@@H]3C)CC2)s1. The van der Waals surface area contributed by atoms with Gasteiger partial charge in [0.15, 0.2) is 0 Å². The summed E-state index contributed by atoms with van der Waals surface area (Å²) in [6, 6.07) is 3.81. The molecule has 1 amide bonds. The number of carbonyl (C=O) groups excluding carboxylic acids is 2. The second-order valence-corrected chi connectivity index (χ2v) is 7.35. The molecule has 1 aromatic heterocycles. The number of nitrogens with zero attached hydrogens (tertiary/aromatic N) is 2. The maximum absolute atomic E-state index is 12.2. The van der Waals surface area contributed by atoms with E-state index in [0.29, 0.717) is 16.7 Å². The van der Waals surface area contributed by atoms with Gasteiger partial charge in [-0.25, -0.2) is 4.79 Å². The Kier molecular flexibility index (Phi) is 4.49. The van der Waals surface area contributed by atoms with Crippen molar-refractivity contribution in [3.63, 3.8) is 0 Å². The average Bonchev–Trinajstić information content (AvgIpc) is 3.08. The van der Waals surface area contributed by atoms with Crippen molar-refractivity contribution in [1.82, 2.24) is 9.80 Å². The number of ether oxygens (including phenoxy) is 1. The third-order valence-corrected chi connectivity index (χ3v) is 5.59. The van der Waals surface area contributed by atoms with Crippen LogP contribution in [0, 0.1) is 11.8 Å². The molecule has 1 saturated heterocycles. The van der Waals surface area contributed by atoms with Crippen LogP contribution in [0.4, 0.5) is 0 Å². The van der Waals surface area contributed by atoms with E-state index in [4.69, 9.17) is 4.74 Å². The summed E-state index contributed by atoms with van der Waals surface area (Å²) < 4.78 is 4.73. The number of esters is 1. The molecule has 0 bridgehead atoms. The van der Waals surface area contributed by atoms with Crippen LogP contribution >= 0.6 is 11.3 Å². The zero-order valence-corrected chi connectivity index (χ0v) is 13.9. The van der Waals surface area contributed by atoms with Gasteiger partial charge in [-0.1, -0.05) is 6.92 Å². The lowest BCUT2D eigenvalue weighted by atomic mass is 10.2. The second kappa shape index (κ2) is 6.38. The molecule has 1 aliphatic heterocycles. The van der Waals surface area contributed by atoms with Crippen LogP contribution in [-0.2, 0) is 16.1 Å². The molecule has 120 valence electrons. The Bertz CT molecular complexity index is 563. The quantitative estimate of drug-likeness (QED) is 0.794. The average molecular weight is 322 g/mol. The van der Waals surface area contributed by atoms with Crippen molar-refractivity contribution in [2.24, 2.45) is 11.8 Å². The molecule has 2 atom stereocenters. The van der Waals surface area contributed by atoms with Gasteiger partial charge in [-0.3, -0.25) is 9.69 Å². The number of hydrogen-bond acceptors (Lipinski definition) is 5. The van der Waals surface area contributed by atoms with E-state index in [1.165, 1.54) is 18.4 Å². The van der Waals surface area contributed by atoms with Gasteiger partial charge in [-0.05, 0) is 24.5 Å². The maximum atomic E-state index is 12.2. The Hall–Kier alpha value is -1.40. The van der Waals surface area contributed by atoms with Gasteiger partial charge in [0.2, 0.25) is 5.91 Å². The molecule has 3 rings (SSSR count). The smallest absolute Gasteiger partial charge is 0.348 e. The van der Waals surface area contributed by atoms with Crippen LogP contribution in [0.3, 0.4) is 0 Å². The van der Waals surface area contributed by atoms with E-state index in [1.54, 1.807) is 0 Å². The van der Waals surface area contributed by atoms with Crippen molar-refractivity contribution in [2.45, 2.75) is 19.9 Å². The summed E-state index contributed by atoms with van der Waals surface area (Å²) in [6.45, 7) is 6.42. The summed E-state index contributed by atoms with van der Waals surface area (Å²) in [5, 5.41) is 0. The predicted molar refractivity (Wildman–Crippen MR) is 84.8 cm³/mol. The molecule has 0 aromatic carbocycles. The summed E-state index contributed by atoms with van der Waals surface area (Å²) in [4.78, 5) is 29.8. The van der Waals surface area contributed by atoms with Crippen molar-refractivity contribution in [3.05, 3.63) is 21.9 Å². The number of piperazine rings is 1. The first-order valence-electron chi connectivity index (χ1n) is 7.76. The van der Waals surface area contributed by atoms with E-state index in [1.807, 2.05) is 17.0 Å². The van der Waals surface area contributed by atoms with E-state index >= 15 is 0 Å². The second-order valence-electron chi connectivity index (χ2n) is 6.18. The van der Waals surface area contributed by atoms with E-state index in [2.05, 4.69) is 11.8 Å². The van der Waals surface area contributed by atoms with Gasteiger partial charge in [0.25, 0.3) is 0 Å². The predicted octanol–water partition coefficient (Wildman–Crippen LogP) is 1.83. The summed E-state index contributed by atoms with van der Waals surface area (Å²) >= 11 is 1.48. The molecule has 0 spiro atoms.